The summed E-state index contributed by atoms with van der Waals surface area (Å²) < 4.78 is 0. The standard InChI is InChI=1S/C17H21N3O/c1-20(2)16-9-5-14(6-10-16)17(21)19-15-7-3-13(4-8-15)11-12-18/h3-10H,11-12,18H2,1-2H3,(H,19,21). The molecule has 110 valence electrons. The van der Waals surface area contributed by atoms with Gasteiger partial charge in [0.2, 0.25) is 0 Å². The number of carbonyl (C=O) groups excluding carboxylic acids is 1. The second-order valence-electron chi connectivity index (χ2n) is 5.13. The normalized spacial score (nSPS) is 10.2. The summed E-state index contributed by atoms with van der Waals surface area (Å²) >= 11 is 0. The van der Waals surface area contributed by atoms with Crippen LogP contribution >= 0.6 is 0 Å². The zero-order valence-electron chi connectivity index (χ0n) is 12.5. The molecular formula is C17H21N3O. The Hall–Kier alpha value is -2.33. The van der Waals surface area contributed by atoms with E-state index in [0.717, 1.165) is 17.8 Å². The van der Waals surface area contributed by atoms with Gasteiger partial charge >= 0.3 is 0 Å². The predicted octanol–water partition coefficient (Wildman–Crippen LogP) is 2.51. The fourth-order valence-corrected chi connectivity index (χ4v) is 2.04. The van der Waals surface area contributed by atoms with Gasteiger partial charge in [-0.05, 0) is 54.9 Å². The Morgan fingerprint density at radius 3 is 2.19 bits per heavy atom. The van der Waals surface area contributed by atoms with Crippen molar-refractivity contribution in [2.75, 3.05) is 30.9 Å². The summed E-state index contributed by atoms with van der Waals surface area (Å²) in [6.45, 7) is 0.629. The molecule has 2 rings (SSSR count). The number of nitrogens with zero attached hydrogens (tertiary/aromatic N) is 1. The van der Waals surface area contributed by atoms with Crippen LogP contribution in [0.5, 0.6) is 0 Å². The van der Waals surface area contributed by atoms with Gasteiger partial charge in [0.15, 0.2) is 0 Å². The Balaban J connectivity index is 2.03. The average molecular weight is 283 g/mol. The Labute approximate surface area is 125 Å². The minimum atomic E-state index is -0.105. The minimum absolute atomic E-state index is 0.105. The highest BCUT2D eigenvalue weighted by molar-refractivity contribution is 6.04. The van der Waals surface area contributed by atoms with Gasteiger partial charge in [-0.25, -0.2) is 0 Å². The van der Waals surface area contributed by atoms with E-state index >= 15 is 0 Å². The van der Waals surface area contributed by atoms with Crippen molar-refractivity contribution in [1.29, 1.82) is 0 Å². The van der Waals surface area contributed by atoms with Crippen LogP contribution in [0.4, 0.5) is 11.4 Å². The van der Waals surface area contributed by atoms with Gasteiger partial charge < -0.3 is 16.0 Å². The molecule has 2 aromatic carbocycles. The van der Waals surface area contributed by atoms with Gasteiger partial charge in [-0.15, -0.1) is 0 Å². The lowest BCUT2D eigenvalue weighted by molar-refractivity contribution is 0.102. The van der Waals surface area contributed by atoms with Crippen molar-refractivity contribution in [3.05, 3.63) is 59.7 Å². The second-order valence-corrected chi connectivity index (χ2v) is 5.13. The highest BCUT2D eigenvalue weighted by atomic mass is 16.1. The molecule has 0 unspecified atom stereocenters. The lowest BCUT2D eigenvalue weighted by atomic mass is 10.1. The first kappa shape index (κ1) is 15.1. The van der Waals surface area contributed by atoms with E-state index in [0.29, 0.717) is 12.1 Å². The summed E-state index contributed by atoms with van der Waals surface area (Å²) in [4.78, 5) is 14.2. The first-order valence-corrected chi connectivity index (χ1v) is 6.98. The molecule has 4 nitrogen and oxygen atoms in total. The fourth-order valence-electron chi connectivity index (χ4n) is 2.04. The van der Waals surface area contributed by atoms with Crippen LogP contribution in [0.25, 0.3) is 0 Å². The summed E-state index contributed by atoms with van der Waals surface area (Å²) in [7, 11) is 3.94. The number of hydrogen-bond acceptors (Lipinski definition) is 3. The number of rotatable bonds is 5. The average Bonchev–Trinajstić information content (AvgIpc) is 2.49. The molecular weight excluding hydrogens is 262 g/mol. The van der Waals surface area contributed by atoms with Crippen LogP contribution in [0.15, 0.2) is 48.5 Å². The van der Waals surface area contributed by atoms with Crippen molar-refractivity contribution in [2.24, 2.45) is 5.73 Å². The highest BCUT2D eigenvalue weighted by Gasteiger charge is 2.06. The molecule has 3 N–H and O–H groups in total. The molecule has 0 bridgehead atoms. The zero-order chi connectivity index (χ0) is 15.2. The molecule has 0 aliphatic rings. The smallest absolute Gasteiger partial charge is 0.255 e. The molecule has 0 aliphatic heterocycles. The van der Waals surface area contributed by atoms with Gasteiger partial charge in [-0.1, -0.05) is 12.1 Å². The topological polar surface area (TPSA) is 58.4 Å². The van der Waals surface area contributed by atoms with E-state index in [-0.39, 0.29) is 5.91 Å². The molecule has 4 heteroatoms. The predicted molar refractivity (Wildman–Crippen MR) is 87.9 cm³/mol. The number of amides is 1. The third kappa shape index (κ3) is 4.07. The molecule has 0 aliphatic carbocycles. The van der Waals surface area contributed by atoms with Crippen molar-refractivity contribution in [2.45, 2.75) is 6.42 Å². The van der Waals surface area contributed by atoms with Gasteiger partial charge in [0, 0.05) is 31.0 Å². The van der Waals surface area contributed by atoms with Gasteiger partial charge in [0.25, 0.3) is 5.91 Å². The summed E-state index contributed by atoms with van der Waals surface area (Å²) in [5.74, 6) is -0.105. The molecule has 0 heterocycles. The van der Waals surface area contributed by atoms with Crippen LogP contribution in [0.2, 0.25) is 0 Å². The van der Waals surface area contributed by atoms with E-state index in [1.807, 2.05) is 67.5 Å². The van der Waals surface area contributed by atoms with Crippen molar-refractivity contribution < 1.29 is 4.79 Å². The van der Waals surface area contributed by atoms with Crippen LogP contribution in [0, 0.1) is 0 Å². The third-order valence-electron chi connectivity index (χ3n) is 3.29. The van der Waals surface area contributed by atoms with E-state index in [1.165, 1.54) is 5.56 Å². The van der Waals surface area contributed by atoms with E-state index < -0.39 is 0 Å². The molecule has 2 aromatic rings. The maximum absolute atomic E-state index is 12.2. The molecule has 0 spiro atoms. The van der Waals surface area contributed by atoms with Gasteiger partial charge in [-0.2, -0.15) is 0 Å². The molecule has 0 saturated heterocycles. The van der Waals surface area contributed by atoms with E-state index in [9.17, 15) is 4.79 Å². The van der Waals surface area contributed by atoms with Crippen molar-refractivity contribution in [3.8, 4) is 0 Å². The molecule has 21 heavy (non-hydrogen) atoms. The first-order valence-electron chi connectivity index (χ1n) is 6.98. The van der Waals surface area contributed by atoms with E-state index in [1.54, 1.807) is 0 Å². The van der Waals surface area contributed by atoms with Crippen LogP contribution < -0.4 is 16.0 Å². The minimum Gasteiger partial charge on any atom is -0.378 e. The Morgan fingerprint density at radius 2 is 1.67 bits per heavy atom. The lowest BCUT2D eigenvalue weighted by Crippen LogP contribution is -2.13. The van der Waals surface area contributed by atoms with Crippen LogP contribution in [-0.4, -0.2) is 26.5 Å². The maximum atomic E-state index is 12.2. The number of nitrogens with one attached hydrogen (secondary N) is 1. The van der Waals surface area contributed by atoms with Crippen molar-refractivity contribution in [1.82, 2.24) is 0 Å². The third-order valence-corrected chi connectivity index (χ3v) is 3.29. The van der Waals surface area contributed by atoms with Crippen molar-refractivity contribution in [3.63, 3.8) is 0 Å². The molecule has 0 fully saturated rings. The summed E-state index contributed by atoms with van der Waals surface area (Å²) in [5, 5.41) is 2.89. The Kier molecular flexibility index (Phi) is 4.95. The molecule has 0 atom stereocenters. The van der Waals surface area contributed by atoms with Gasteiger partial charge in [0.1, 0.15) is 0 Å². The Morgan fingerprint density at radius 1 is 1.05 bits per heavy atom. The summed E-state index contributed by atoms with van der Waals surface area (Å²) in [6, 6.07) is 15.3. The maximum Gasteiger partial charge on any atom is 0.255 e. The van der Waals surface area contributed by atoms with Gasteiger partial charge in [0.05, 0.1) is 0 Å². The molecule has 0 aromatic heterocycles. The number of nitrogens with two attached hydrogens (primary N) is 1. The van der Waals surface area contributed by atoms with E-state index in [4.69, 9.17) is 5.73 Å². The molecule has 0 radical (unpaired) electrons. The van der Waals surface area contributed by atoms with Crippen LogP contribution in [-0.2, 0) is 6.42 Å². The lowest BCUT2D eigenvalue weighted by Gasteiger charge is -2.12. The molecule has 1 amide bonds. The number of anilines is 2. The molecule has 0 saturated carbocycles. The summed E-state index contributed by atoms with van der Waals surface area (Å²) in [5.41, 5.74) is 9.19. The second kappa shape index (κ2) is 6.90. The number of benzene rings is 2. The van der Waals surface area contributed by atoms with Crippen molar-refractivity contribution >= 4 is 17.3 Å². The fraction of sp³-hybridized carbons (Fsp3) is 0.235. The monoisotopic (exact) mass is 283 g/mol. The zero-order valence-corrected chi connectivity index (χ0v) is 12.5. The quantitative estimate of drug-likeness (QED) is 0.886. The Bertz CT molecular complexity index is 588. The SMILES string of the molecule is CN(C)c1ccc(C(=O)Nc2ccc(CCN)cc2)cc1. The van der Waals surface area contributed by atoms with Crippen LogP contribution in [0.1, 0.15) is 15.9 Å². The first-order chi connectivity index (χ1) is 10.1. The van der Waals surface area contributed by atoms with Crippen LogP contribution in [0.3, 0.4) is 0 Å². The van der Waals surface area contributed by atoms with E-state index in [2.05, 4.69) is 5.32 Å². The number of carbonyl (C=O) groups is 1. The largest absolute Gasteiger partial charge is 0.378 e. The number of hydrogen-bond donors (Lipinski definition) is 2. The van der Waals surface area contributed by atoms with Gasteiger partial charge in [-0.3, -0.25) is 4.79 Å². The highest BCUT2D eigenvalue weighted by Crippen LogP contribution is 2.15. The summed E-state index contributed by atoms with van der Waals surface area (Å²) in [6.07, 6.45) is 0.847.